The highest BCUT2D eigenvalue weighted by Gasteiger charge is 2.27. The molecule has 32 heavy (non-hydrogen) atoms. The first-order valence-electron chi connectivity index (χ1n) is 9.78. The van der Waals surface area contributed by atoms with Crippen molar-refractivity contribution in [3.63, 3.8) is 0 Å². The highest BCUT2D eigenvalue weighted by atomic mass is 32.2. The van der Waals surface area contributed by atoms with E-state index < -0.39 is 15.7 Å². The molecule has 2 aliphatic heterocycles. The molecule has 2 aromatic rings. The number of hydrogen-bond donors (Lipinski definition) is 1. The minimum Gasteiger partial charge on any atom is -0.261 e. The molecule has 0 atom stereocenters. The summed E-state index contributed by atoms with van der Waals surface area (Å²) in [5.41, 5.74) is 1.71. The Morgan fingerprint density at radius 2 is 1.94 bits per heavy atom. The van der Waals surface area contributed by atoms with Gasteiger partial charge in [0, 0.05) is 10.6 Å². The predicted octanol–water partition coefficient (Wildman–Crippen LogP) is 4.39. The number of nitrogens with zero attached hydrogens (tertiary/aromatic N) is 4. The van der Waals surface area contributed by atoms with E-state index in [2.05, 4.69) is 18.5 Å². The second-order valence-corrected chi connectivity index (χ2v) is 11.9. The van der Waals surface area contributed by atoms with Gasteiger partial charge in [0.25, 0.3) is 10.0 Å². The lowest BCUT2D eigenvalue weighted by molar-refractivity contribution is 0.460. The van der Waals surface area contributed by atoms with Crippen molar-refractivity contribution in [3.05, 3.63) is 39.3 Å². The molecule has 0 saturated carbocycles. The van der Waals surface area contributed by atoms with Crippen molar-refractivity contribution in [2.45, 2.75) is 42.2 Å². The Morgan fingerprint density at radius 1 is 1.16 bits per heavy atom. The molecule has 1 aromatic carbocycles. The molecule has 2 aliphatic rings. The molecule has 1 N–H and O–H groups in total. The minimum absolute atomic E-state index is 0.00268. The quantitative estimate of drug-likeness (QED) is 0.261. The summed E-state index contributed by atoms with van der Waals surface area (Å²) in [6.07, 6.45) is 2.12. The van der Waals surface area contributed by atoms with Gasteiger partial charge in [-0.2, -0.15) is 13.7 Å². The molecule has 0 bridgehead atoms. The van der Waals surface area contributed by atoms with Gasteiger partial charge in [-0.05, 0) is 50.6 Å². The highest BCUT2D eigenvalue weighted by molar-refractivity contribution is 8.01. The molecular formula is C19H20FN5O3S4. The lowest BCUT2D eigenvalue weighted by Crippen LogP contribution is -2.17. The summed E-state index contributed by atoms with van der Waals surface area (Å²) < 4.78 is 51.4. The van der Waals surface area contributed by atoms with E-state index >= 15 is 0 Å². The fraction of sp³-hybridized carbons (Fsp3) is 0.368. The van der Waals surface area contributed by atoms with Gasteiger partial charge >= 0.3 is 5.69 Å². The fourth-order valence-electron chi connectivity index (χ4n) is 3.14. The molecule has 0 spiro atoms. The van der Waals surface area contributed by atoms with Crippen LogP contribution in [-0.2, 0) is 10.0 Å². The predicted molar refractivity (Wildman–Crippen MR) is 127 cm³/mol. The van der Waals surface area contributed by atoms with E-state index in [-0.39, 0.29) is 17.4 Å². The summed E-state index contributed by atoms with van der Waals surface area (Å²) in [5, 5.41) is 0. The average Bonchev–Trinajstić information content (AvgIpc) is 3.34. The Bertz CT molecular complexity index is 1400. The van der Waals surface area contributed by atoms with Crippen molar-refractivity contribution >= 4 is 61.7 Å². The molecule has 8 nitrogen and oxygen atoms in total. The van der Waals surface area contributed by atoms with Crippen molar-refractivity contribution in [1.82, 2.24) is 18.3 Å². The van der Waals surface area contributed by atoms with E-state index in [1.54, 1.807) is 13.0 Å². The van der Waals surface area contributed by atoms with Gasteiger partial charge in [0.2, 0.25) is 0 Å². The van der Waals surface area contributed by atoms with Gasteiger partial charge in [0.1, 0.15) is 16.7 Å². The molecule has 0 radical (unpaired) electrons. The number of nitrogens with one attached hydrogen (secondary N) is 1. The van der Waals surface area contributed by atoms with Gasteiger partial charge in [-0.15, -0.1) is 23.1 Å². The Hall–Kier alpha value is -2.09. The van der Waals surface area contributed by atoms with Crippen LogP contribution < -0.4 is 10.4 Å². The third-order valence-electron chi connectivity index (χ3n) is 4.91. The first-order chi connectivity index (χ1) is 15.3. The van der Waals surface area contributed by atoms with Gasteiger partial charge in [-0.25, -0.2) is 13.2 Å². The van der Waals surface area contributed by atoms with E-state index in [1.807, 2.05) is 6.92 Å². The lowest BCUT2D eigenvalue weighted by atomic mass is 10.3. The smallest absolute Gasteiger partial charge is 0.261 e. The lowest BCUT2D eigenvalue weighted by Gasteiger charge is -2.16. The number of benzene rings is 1. The molecule has 3 heterocycles. The zero-order valence-corrected chi connectivity index (χ0v) is 20.6. The molecule has 0 saturated heterocycles. The SMILES string of the molecule is Cc1sc(SCCCCCF)c2c(NS(=O)(=O)c3ccc4nsnc4c3)nc(=O)n-2c1C. The van der Waals surface area contributed by atoms with Crippen molar-refractivity contribution in [3.8, 4) is 5.69 Å². The largest absolute Gasteiger partial charge is 0.354 e. The molecule has 13 heteroatoms. The van der Waals surface area contributed by atoms with Crippen LogP contribution in [0.1, 0.15) is 29.8 Å². The maximum absolute atomic E-state index is 13.1. The van der Waals surface area contributed by atoms with Crippen LogP contribution in [-0.4, -0.2) is 39.1 Å². The summed E-state index contributed by atoms with van der Waals surface area (Å²) >= 11 is 4.01. The van der Waals surface area contributed by atoms with Crippen molar-refractivity contribution in [1.29, 1.82) is 0 Å². The summed E-state index contributed by atoms with van der Waals surface area (Å²) in [5.74, 6) is 0.727. The minimum atomic E-state index is -4.01. The van der Waals surface area contributed by atoms with Gasteiger partial charge < -0.3 is 0 Å². The van der Waals surface area contributed by atoms with Crippen LogP contribution in [0, 0.1) is 13.8 Å². The number of sulfonamides is 1. The van der Waals surface area contributed by atoms with Crippen molar-refractivity contribution in [2.24, 2.45) is 0 Å². The zero-order valence-electron chi connectivity index (χ0n) is 17.3. The van der Waals surface area contributed by atoms with Gasteiger partial charge in [0.05, 0.1) is 27.5 Å². The Labute approximate surface area is 196 Å². The highest BCUT2D eigenvalue weighted by Crippen LogP contribution is 2.38. The normalized spacial score (nSPS) is 12.1. The van der Waals surface area contributed by atoms with E-state index in [1.165, 1.54) is 39.8 Å². The van der Waals surface area contributed by atoms with Gasteiger partial charge in [0.15, 0.2) is 5.82 Å². The number of alkyl halides is 1. The number of fused-ring (bicyclic) bond motifs is 2. The number of aromatic nitrogens is 4. The van der Waals surface area contributed by atoms with E-state index in [0.29, 0.717) is 28.8 Å². The molecule has 4 rings (SSSR count). The number of aryl methyl sites for hydroxylation is 1. The van der Waals surface area contributed by atoms with Crippen LogP contribution >= 0.6 is 34.8 Å². The Kier molecular flexibility index (Phi) is 6.79. The third kappa shape index (κ3) is 4.51. The fourth-order valence-corrected chi connectivity index (χ4v) is 7.21. The number of imidazole rings is 1. The Morgan fingerprint density at radius 3 is 2.72 bits per heavy atom. The average molecular weight is 514 g/mol. The molecule has 0 aliphatic carbocycles. The molecule has 0 fully saturated rings. The number of rotatable bonds is 9. The number of halogens is 1. The monoisotopic (exact) mass is 513 g/mol. The number of hydrogen-bond acceptors (Lipinski definition) is 9. The first-order valence-corrected chi connectivity index (χ1v) is 13.8. The van der Waals surface area contributed by atoms with Crippen LogP contribution in [0.4, 0.5) is 10.2 Å². The van der Waals surface area contributed by atoms with Crippen LogP contribution in [0.25, 0.3) is 16.7 Å². The topological polar surface area (TPSA) is 107 Å². The van der Waals surface area contributed by atoms with Crippen LogP contribution in [0.3, 0.4) is 0 Å². The van der Waals surface area contributed by atoms with Crippen molar-refractivity contribution in [2.75, 3.05) is 17.1 Å². The maximum Gasteiger partial charge on any atom is 0.354 e. The van der Waals surface area contributed by atoms with Crippen LogP contribution in [0.5, 0.6) is 0 Å². The van der Waals surface area contributed by atoms with Crippen LogP contribution in [0.2, 0.25) is 0 Å². The van der Waals surface area contributed by atoms with Crippen molar-refractivity contribution < 1.29 is 12.8 Å². The molecule has 1 aromatic heterocycles. The van der Waals surface area contributed by atoms with E-state index in [4.69, 9.17) is 0 Å². The van der Waals surface area contributed by atoms with Gasteiger partial charge in [-0.3, -0.25) is 13.7 Å². The second-order valence-electron chi connectivity index (χ2n) is 7.08. The number of unbranched alkanes of at least 4 members (excludes halogenated alkanes) is 2. The summed E-state index contributed by atoms with van der Waals surface area (Å²) in [6.45, 7) is 3.38. The molecule has 170 valence electrons. The van der Waals surface area contributed by atoms with Crippen LogP contribution in [0.15, 0.2) is 32.1 Å². The first kappa shape index (κ1) is 23.1. The number of thioether (sulfide) groups is 1. The maximum atomic E-state index is 13.1. The number of anilines is 1. The molecule has 0 amide bonds. The summed E-state index contributed by atoms with van der Waals surface area (Å²) in [7, 11) is -4.01. The Balaban J connectivity index is 1.71. The second kappa shape index (κ2) is 9.41. The summed E-state index contributed by atoms with van der Waals surface area (Å²) in [4.78, 5) is 17.6. The molecule has 0 unspecified atom stereocenters. The molecular weight excluding hydrogens is 494 g/mol. The standard InChI is InChI=1S/C19H20FN5O3S4/c1-11-12(2)30-18(29-9-5-3-4-8-20)16-17(21-19(26)25(11)16)24-32(27,28)13-6-7-14-15(10-13)23-31-22-14/h6-7,10H,3-5,8-9H2,1-2H3,(H,21,24,26). The van der Waals surface area contributed by atoms with E-state index in [0.717, 1.165) is 39.4 Å². The summed E-state index contributed by atoms with van der Waals surface area (Å²) in [6, 6.07) is 4.48. The van der Waals surface area contributed by atoms with Gasteiger partial charge in [-0.1, -0.05) is 6.42 Å². The van der Waals surface area contributed by atoms with E-state index in [9.17, 15) is 17.6 Å². The zero-order chi connectivity index (χ0) is 22.9. The third-order valence-corrected chi connectivity index (χ3v) is 9.33.